The Morgan fingerprint density at radius 3 is 2.50 bits per heavy atom. The number of rotatable bonds is 3. The number of benzene rings is 1. The highest BCUT2D eigenvalue weighted by Gasteiger charge is 2.06. The molecule has 12 heavy (non-hydrogen) atoms. The van der Waals surface area contributed by atoms with Gasteiger partial charge in [-0.1, -0.05) is 12.1 Å². The smallest absolute Gasteiger partial charge is 0.164 e. The predicted octanol–water partition coefficient (Wildman–Crippen LogP) is 1.97. The molecule has 0 saturated carbocycles. The first-order chi connectivity index (χ1) is 5.83. The van der Waals surface area contributed by atoms with Crippen LogP contribution in [-0.2, 0) is 0 Å². The summed E-state index contributed by atoms with van der Waals surface area (Å²) in [5.41, 5.74) is 0.891. The van der Waals surface area contributed by atoms with Crippen molar-refractivity contribution >= 4 is 9.24 Å². The molecule has 0 aliphatic heterocycles. The Kier molecular flexibility index (Phi) is 3.36. The van der Waals surface area contributed by atoms with E-state index in [1.54, 1.807) is 14.2 Å². The van der Waals surface area contributed by atoms with Crippen LogP contribution in [0.1, 0.15) is 5.56 Å². The minimum atomic E-state index is 0.718. The summed E-state index contributed by atoms with van der Waals surface area (Å²) >= 11 is 0. The molecule has 0 aromatic heterocycles. The van der Waals surface area contributed by atoms with Crippen LogP contribution in [0.15, 0.2) is 18.2 Å². The van der Waals surface area contributed by atoms with Crippen molar-refractivity contribution in [3.05, 3.63) is 29.9 Å². The number of para-hydroxylation sites is 1. The Balaban J connectivity index is 3.13. The van der Waals surface area contributed by atoms with Gasteiger partial charge in [0.2, 0.25) is 0 Å². The molecule has 1 atom stereocenters. The van der Waals surface area contributed by atoms with Gasteiger partial charge in [0.1, 0.15) is 0 Å². The van der Waals surface area contributed by atoms with Crippen molar-refractivity contribution in [3.63, 3.8) is 0 Å². The van der Waals surface area contributed by atoms with Gasteiger partial charge in [0.25, 0.3) is 0 Å². The molecule has 1 aromatic carbocycles. The first-order valence-corrected chi connectivity index (χ1v) is 4.08. The Hall–Kier alpha value is -0.750. The third kappa shape index (κ3) is 1.70. The largest absolute Gasteiger partial charge is 0.493 e. The molecule has 64 valence electrons. The predicted molar refractivity (Wildman–Crippen MR) is 51.6 cm³/mol. The Bertz CT molecular complexity index is 238. The van der Waals surface area contributed by atoms with E-state index in [0.29, 0.717) is 0 Å². The van der Waals surface area contributed by atoms with Gasteiger partial charge in [-0.05, 0) is 6.07 Å². The second kappa shape index (κ2) is 4.32. The second-order valence-electron chi connectivity index (χ2n) is 2.19. The SMILES string of the molecule is COc1cccc([C]P)c1OC. The van der Waals surface area contributed by atoms with Crippen LogP contribution in [0.4, 0.5) is 0 Å². The fraction of sp³-hybridized carbons (Fsp3) is 0.222. The molecular weight excluding hydrogens is 171 g/mol. The van der Waals surface area contributed by atoms with E-state index in [1.165, 1.54) is 0 Å². The van der Waals surface area contributed by atoms with Crippen molar-refractivity contribution in [1.82, 2.24) is 0 Å². The molecule has 0 bridgehead atoms. The zero-order valence-electron chi connectivity index (χ0n) is 7.13. The highest BCUT2D eigenvalue weighted by Crippen LogP contribution is 2.32. The van der Waals surface area contributed by atoms with Gasteiger partial charge in [0.05, 0.1) is 14.2 Å². The summed E-state index contributed by atoms with van der Waals surface area (Å²) in [5, 5.41) is 0. The Morgan fingerprint density at radius 1 is 1.25 bits per heavy atom. The maximum atomic E-state index is 5.16. The standard InChI is InChI=1S/C9H11O2P/c1-10-8-5-3-4-7(6-12)9(8)11-2/h3-5H,12H2,1-2H3. The van der Waals surface area contributed by atoms with Gasteiger partial charge < -0.3 is 9.47 Å². The number of methoxy groups -OCH3 is 2. The minimum absolute atomic E-state index is 0.718. The van der Waals surface area contributed by atoms with Gasteiger partial charge in [-0.25, -0.2) is 0 Å². The summed E-state index contributed by atoms with van der Waals surface area (Å²) in [7, 11) is 5.64. The first-order valence-electron chi connectivity index (χ1n) is 3.51. The molecule has 3 heteroatoms. The zero-order chi connectivity index (χ0) is 8.97. The minimum Gasteiger partial charge on any atom is -0.493 e. The van der Waals surface area contributed by atoms with E-state index in [1.807, 2.05) is 18.2 Å². The fourth-order valence-electron chi connectivity index (χ4n) is 1.00. The average Bonchev–Trinajstić information content (AvgIpc) is 2.16. The van der Waals surface area contributed by atoms with Gasteiger partial charge in [0, 0.05) is 11.7 Å². The molecule has 0 heterocycles. The number of hydrogen-bond donors (Lipinski definition) is 0. The normalized spacial score (nSPS) is 9.58. The molecule has 0 fully saturated rings. The van der Waals surface area contributed by atoms with Crippen LogP contribution < -0.4 is 9.47 Å². The van der Waals surface area contributed by atoms with E-state index < -0.39 is 0 Å². The highest BCUT2D eigenvalue weighted by molar-refractivity contribution is 7.19. The molecule has 1 rings (SSSR count). The molecule has 0 N–H and O–H groups in total. The van der Waals surface area contributed by atoms with Crippen molar-refractivity contribution in [2.75, 3.05) is 14.2 Å². The lowest BCUT2D eigenvalue weighted by molar-refractivity contribution is 0.353. The van der Waals surface area contributed by atoms with Crippen LogP contribution in [0.2, 0.25) is 0 Å². The zero-order valence-corrected chi connectivity index (χ0v) is 8.28. The molecule has 2 nitrogen and oxygen atoms in total. The van der Waals surface area contributed by atoms with Gasteiger partial charge in [0.15, 0.2) is 11.5 Å². The molecule has 2 radical (unpaired) electrons. The van der Waals surface area contributed by atoms with E-state index in [0.717, 1.165) is 17.1 Å². The van der Waals surface area contributed by atoms with E-state index in [-0.39, 0.29) is 0 Å². The van der Waals surface area contributed by atoms with Crippen molar-refractivity contribution in [1.29, 1.82) is 0 Å². The van der Waals surface area contributed by atoms with Gasteiger partial charge >= 0.3 is 0 Å². The van der Waals surface area contributed by atoms with Crippen LogP contribution in [0.25, 0.3) is 0 Å². The summed E-state index contributed by atoms with van der Waals surface area (Å²) < 4.78 is 10.3. The third-order valence-corrected chi connectivity index (χ3v) is 1.87. The lowest BCUT2D eigenvalue weighted by atomic mass is 10.2. The van der Waals surface area contributed by atoms with Crippen LogP contribution >= 0.6 is 9.24 Å². The van der Waals surface area contributed by atoms with E-state index in [9.17, 15) is 0 Å². The lowest BCUT2D eigenvalue weighted by Crippen LogP contribution is -1.92. The van der Waals surface area contributed by atoms with Gasteiger partial charge in [-0.15, -0.1) is 9.24 Å². The van der Waals surface area contributed by atoms with Crippen molar-refractivity contribution < 1.29 is 9.47 Å². The first kappa shape index (κ1) is 9.34. The topological polar surface area (TPSA) is 18.5 Å². The monoisotopic (exact) mass is 182 g/mol. The average molecular weight is 182 g/mol. The van der Waals surface area contributed by atoms with Crippen molar-refractivity contribution in [2.45, 2.75) is 0 Å². The summed E-state index contributed by atoms with van der Waals surface area (Å²) in [4.78, 5) is 0. The molecule has 1 aromatic rings. The molecular formula is C9H11O2P. The van der Waals surface area contributed by atoms with Gasteiger partial charge in [-0.3, -0.25) is 0 Å². The van der Waals surface area contributed by atoms with Crippen molar-refractivity contribution in [2.24, 2.45) is 0 Å². The van der Waals surface area contributed by atoms with Crippen LogP contribution in [0, 0.1) is 6.16 Å². The van der Waals surface area contributed by atoms with Crippen LogP contribution in [0.3, 0.4) is 0 Å². The molecule has 0 aliphatic carbocycles. The van der Waals surface area contributed by atoms with Crippen molar-refractivity contribution in [3.8, 4) is 11.5 Å². The molecule has 0 saturated heterocycles. The van der Waals surface area contributed by atoms with Crippen LogP contribution in [0.5, 0.6) is 11.5 Å². The summed E-state index contributed by atoms with van der Waals surface area (Å²) in [6.07, 6.45) is 2.93. The molecule has 0 aliphatic rings. The number of ether oxygens (including phenoxy) is 2. The Morgan fingerprint density at radius 2 is 2.00 bits per heavy atom. The quantitative estimate of drug-likeness (QED) is 0.665. The molecule has 0 spiro atoms. The maximum Gasteiger partial charge on any atom is 0.164 e. The van der Waals surface area contributed by atoms with Crippen LogP contribution in [-0.4, -0.2) is 14.2 Å². The van der Waals surface area contributed by atoms with E-state index in [2.05, 4.69) is 15.4 Å². The van der Waals surface area contributed by atoms with Gasteiger partial charge in [-0.2, -0.15) is 0 Å². The summed E-state index contributed by atoms with van der Waals surface area (Å²) in [5.74, 6) is 1.44. The fourth-order valence-corrected chi connectivity index (χ4v) is 1.23. The number of hydrogen-bond acceptors (Lipinski definition) is 2. The summed E-state index contributed by atoms with van der Waals surface area (Å²) in [6, 6.07) is 5.66. The highest BCUT2D eigenvalue weighted by atomic mass is 31.0. The van der Waals surface area contributed by atoms with E-state index in [4.69, 9.17) is 9.47 Å². The summed E-state index contributed by atoms with van der Waals surface area (Å²) in [6.45, 7) is 0. The maximum absolute atomic E-state index is 5.16. The molecule has 1 unspecified atom stereocenters. The van der Waals surface area contributed by atoms with E-state index >= 15 is 0 Å². The Labute approximate surface area is 75.1 Å². The lowest BCUT2D eigenvalue weighted by Gasteiger charge is -2.10. The third-order valence-electron chi connectivity index (χ3n) is 1.56. The second-order valence-corrected chi connectivity index (χ2v) is 2.47. The molecule has 0 amide bonds.